The highest BCUT2D eigenvalue weighted by Gasteiger charge is 1.99. The highest BCUT2D eigenvalue weighted by Crippen LogP contribution is 2.25. The van der Waals surface area contributed by atoms with Crippen molar-refractivity contribution in [1.82, 2.24) is 0 Å². The van der Waals surface area contributed by atoms with Gasteiger partial charge in [0.05, 0.1) is 0 Å². The molecular weight excluding hydrogens is 184 g/mol. The van der Waals surface area contributed by atoms with Crippen LogP contribution in [-0.4, -0.2) is 12.5 Å². The molecule has 0 aromatic heterocycles. The van der Waals surface area contributed by atoms with E-state index in [2.05, 4.69) is 24.3 Å². The summed E-state index contributed by atoms with van der Waals surface area (Å²) < 4.78 is 0. The van der Waals surface area contributed by atoms with Crippen molar-refractivity contribution in [2.75, 3.05) is 12.5 Å². The number of hydrogen-bond donors (Lipinski definition) is 0. The predicted molar refractivity (Wildman–Crippen MR) is 57.9 cm³/mol. The lowest BCUT2D eigenvalue weighted by molar-refractivity contribution is 1.31. The van der Waals surface area contributed by atoms with Gasteiger partial charge in [-0.2, -0.15) is 0 Å². The fourth-order valence-electron chi connectivity index (χ4n) is 0.918. The van der Waals surface area contributed by atoms with Crippen LogP contribution in [0.2, 0.25) is 0 Å². The molecule has 0 fully saturated rings. The second-order valence-electron chi connectivity index (χ2n) is 2.21. The number of rotatable bonds is 2. The van der Waals surface area contributed by atoms with Crippen LogP contribution in [0.25, 0.3) is 0 Å². The molecule has 0 N–H and O–H groups in total. The second-order valence-corrected chi connectivity index (χ2v) is 3.94. The Kier molecular flexibility index (Phi) is 3.58. The van der Waals surface area contributed by atoms with E-state index >= 15 is 0 Å². The van der Waals surface area contributed by atoms with Gasteiger partial charge in [-0.3, -0.25) is 0 Å². The van der Waals surface area contributed by atoms with Crippen molar-refractivity contribution in [3.05, 3.63) is 23.8 Å². The van der Waals surface area contributed by atoms with Crippen molar-refractivity contribution < 1.29 is 0 Å². The third-order valence-corrected chi connectivity index (χ3v) is 3.07. The normalized spacial score (nSPS) is 9.42. The molecule has 0 saturated carbocycles. The lowest BCUT2D eigenvalue weighted by Gasteiger charge is -2.02. The molecule has 0 aliphatic carbocycles. The van der Waals surface area contributed by atoms with E-state index in [0.717, 1.165) is 5.56 Å². The summed E-state index contributed by atoms with van der Waals surface area (Å²) in [7, 11) is 0. The van der Waals surface area contributed by atoms with E-state index in [1.807, 2.05) is 12.3 Å². The lowest BCUT2D eigenvalue weighted by atomic mass is 10.2. The molecule has 1 rings (SSSR count). The van der Waals surface area contributed by atoms with Crippen molar-refractivity contribution in [2.45, 2.75) is 9.79 Å². The number of benzene rings is 1. The first-order valence-electron chi connectivity index (χ1n) is 3.50. The van der Waals surface area contributed by atoms with Crippen LogP contribution in [-0.2, 0) is 0 Å². The van der Waals surface area contributed by atoms with Crippen molar-refractivity contribution in [3.63, 3.8) is 0 Å². The highest BCUT2D eigenvalue weighted by atomic mass is 32.2. The van der Waals surface area contributed by atoms with Crippen molar-refractivity contribution in [3.8, 4) is 12.3 Å². The Labute approximate surface area is 82.1 Å². The van der Waals surface area contributed by atoms with Crippen LogP contribution in [0.4, 0.5) is 0 Å². The van der Waals surface area contributed by atoms with E-state index in [1.165, 1.54) is 9.79 Å². The SMILES string of the molecule is C#Cc1ccc(SC)cc1SC. The van der Waals surface area contributed by atoms with E-state index in [-0.39, 0.29) is 0 Å². The summed E-state index contributed by atoms with van der Waals surface area (Å²) in [4.78, 5) is 2.45. The van der Waals surface area contributed by atoms with Gasteiger partial charge in [0.15, 0.2) is 0 Å². The second kappa shape index (κ2) is 4.49. The molecule has 0 spiro atoms. The maximum atomic E-state index is 5.35. The third-order valence-electron chi connectivity index (χ3n) is 1.56. The minimum absolute atomic E-state index is 0.986. The first-order chi connectivity index (χ1) is 5.81. The molecular formula is C10H10S2. The van der Waals surface area contributed by atoms with Gasteiger partial charge < -0.3 is 0 Å². The quantitative estimate of drug-likeness (QED) is 0.524. The third kappa shape index (κ3) is 2.00. The van der Waals surface area contributed by atoms with Crippen LogP contribution < -0.4 is 0 Å². The van der Waals surface area contributed by atoms with Crippen molar-refractivity contribution >= 4 is 23.5 Å². The van der Waals surface area contributed by atoms with Gasteiger partial charge in [0.1, 0.15) is 0 Å². The fourth-order valence-corrected chi connectivity index (χ4v) is 2.02. The molecule has 0 nitrogen and oxygen atoms in total. The van der Waals surface area contributed by atoms with E-state index < -0.39 is 0 Å². The van der Waals surface area contributed by atoms with Gasteiger partial charge in [-0.25, -0.2) is 0 Å². The average molecular weight is 194 g/mol. The van der Waals surface area contributed by atoms with Gasteiger partial charge in [0.25, 0.3) is 0 Å². The average Bonchev–Trinajstić information content (AvgIpc) is 2.16. The molecule has 2 heteroatoms. The van der Waals surface area contributed by atoms with E-state index in [9.17, 15) is 0 Å². The first-order valence-corrected chi connectivity index (χ1v) is 5.95. The Balaban J connectivity index is 3.13. The maximum Gasteiger partial charge on any atom is 0.0379 e. The zero-order valence-electron chi connectivity index (χ0n) is 7.13. The molecule has 0 bridgehead atoms. The standard InChI is InChI=1S/C10H10S2/c1-4-8-5-6-9(11-2)7-10(8)12-3/h1,5-7H,2-3H3. The molecule has 0 atom stereocenters. The molecule has 62 valence electrons. The Morgan fingerprint density at radius 1 is 1.25 bits per heavy atom. The summed E-state index contributed by atoms with van der Waals surface area (Å²) >= 11 is 3.43. The van der Waals surface area contributed by atoms with Crippen LogP contribution in [0.1, 0.15) is 5.56 Å². The Morgan fingerprint density at radius 3 is 2.50 bits per heavy atom. The fraction of sp³-hybridized carbons (Fsp3) is 0.200. The minimum atomic E-state index is 0.986. The van der Waals surface area contributed by atoms with Gasteiger partial charge in [-0.05, 0) is 30.7 Å². The zero-order valence-corrected chi connectivity index (χ0v) is 8.76. The largest absolute Gasteiger partial charge is 0.130 e. The van der Waals surface area contributed by atoms with Gasteiger partial charge in [0, 0.05) is 15.4 Å². The molecule has 0 heterocycles. The summed E-state index contributed by atoms with van der Waals surface area (Å²) in [5.74, 6) is 2.67. The topological polar surface area (TPSA) is 0 Å². The molecule has 0 aliphatic rings. The van der Waals surface area contributed by atoms with Crippen molar-refractivity contribution in [1.29, 1.82) is 0 Å². The van der Waals surface area contributed by atoms with Crippen LogP contribution in [0.15, 0.2) is 28.0 Å². The lowest BCUT2D eigenvalue weighted by Crippen LogP contribution is -1.80. The number of terminal acetylenes is 1. The summed E-state index contributed by atoms with van der Waals surface area (Å²) in [5.41, 5.74) is 0.986. The van der Waals surface area contributed by atoms with Crippen LogP contribution >= 0.6 is 23.5 Å². The predicted octanol–water partition coefficient (Wildman–Crippen LogP) is 3.11. The smallest absolute Gasteiger partial charge is 0.0379 e. The zero-order chi connectivity index (χ0) is 8.97. The molecule has 0 unspecified atom stereocenters. The van der Waals surface area contributed by atoms with Gasteiger partial charge in [-0.15, -0.1) is 29.9 Å². The van der Waals surface area contributed by atoms with E-state index in [4.69, 9.17) is 6.42 Å². The summed E-state index contributed by atoms with van der Waals surface area (Å²) in [5, 5.41) is 0. The molecule has 1 aromatic carbocycles. The summed E-state index contributed by atoms with van der Waals surface area (Å²) in [6, 6.07) is 6.18. The molecule has 0 amide bonds. The molecule has 0 aliphatic heterocycles. The number of hydrogen-bond acceptors (Lipinski definition) is 2. The van der Waals surface area contributed by atoms with Crippen LogP contribution in [0, 0.1) is 12.3 Å². The molecule has 0 saturated heterocycles. The maximum absolute atomic E-state index is 5.35. The Morgan fingerprint density at radius 2 is 2.00 bits per heavy atom. The van der Waals surface area contributed by atoms with E-state index in [0.29, 0.717) is 0 Å². The van der Waals surface area contributed by atoms with E-state index in [1.54, 1.807) is 23.5 Å². The van der Waals surface area contributed by atoms with Gasteiger partial charge in [0.2, 0.25) is 0 Å². The molecule has 1 aromatic rings. The molecule has 0 radical (unpaired) electrons. The van der Waals surface area contributed by atoms with Gasteiger partial charge >= 0.3 is 0 Å². The highest BCUT2D eigenvalue weighted by molar-refractivity contribution is 7.99. The Bertz CT molecular complexity index is 310. The molecule has 12 heavy (non-hydrogen) atoms. The first kappa shape index (κ1) is 9.57. The summed E-state index contributed by atoms with van der Waals surface area (Å²) in [6.45, 7) is 0. The summed E-state index contributed by atoms with van der Waals surface area (Å²) in [6.07, 6.45) is 9.45. The Hall–Kier alpha value is -0.520. The van der Waals surface area contributed by atoms with Gasteiger partial charge in [-0.1, -0.05) is 5.92 Å². The van der Waals surface area contributed by atoms with Crippen molar-refractivity contribution in [2.24, 2.45) is 0 Å². The monoisotopic (exact) mass is 194 g/mol. The van der Waals surface area contributed by atoms with Crippen LogP contribution in [0.5, 0.6) is 0 Å². The minimum Gasteiger partial charge on any atom is -0.130 e. The number of thioether (sulfide) groups is 2. The van der Waals surface area contributed by atoms with Crippen LogP contribution in [0.3, 0.4) is 0 Å².